The van der Waals surface area contributed by atoms with E-state index in [-0.39, 0.29) is 11.2 Å². The summed E-state index contributed by atoms with van der Waals surface area (Å²) in [6, 6.07) is 15.4. The maximum atomic E-state index is 13.4. The minimum Gasteiger partial charge on any atom is -0.493 e. The molecule has 9 heteroatoms. The lowest BCUT2D eigenvalue weighted by molar-refractivity contribution is 0.354. The summed E-state index contributed by atoms with van der Waals surface area (Å²) in [5, 5.41) is 6.43. The van der Waals surface area contributed by atoms with Crippen molar-refractivity contribution in [1.82, 2.24) is 18.7 Å². The van der Waals surface area contributed by atoms with Gasteiger partial charge in [-0.05, 0) is 53.6 Å². The summed E-state index contributed by atoms with van der Waals surface area (Å²) in [5.41, 5.74) is 3.25. The van der Waals surface area contributed by atoms with E-state index in [1.165, 1.54) is 16.0 Å². The molecule has 0 atom stereocenters. The van der Waals surface area contributed by atoms with E-state index in [1.54, 1.807) is 29.3 Å². The molecule has 5 aromatic rings. The second kappa shape index (κ2) is 8.83. The topological polar surface area (TPSA) is 79.8 Å². The fourth-order valence-electron chi connectivity index (χ4n) is 4.16. The highest BCUT2D eigenvalue weighted by Crippen LogP contribution is 2.28. The smallest absolute Gasteiger partial charge is 0.352 e. The van der Waals surface area contributed by atoms with Gasteiger partial charge in [0, 0.05) is 6.54 Å². The van der Waals surface area contributed by atoms with E-state index in [1.807, 2.05) is 54.8 Å². The zero-order chi connectivity index (χ0) is 23.8. The van der Waals surface area contributed by atoms with Crippen molar-refractivity contribution in [3.8, 4) is 11.5 Å². The molecule has 0 radical (unpaired) electrons. The average Bonchev–Trinajstić information content (AvgIpc) is 3.45. The molecule has 0 aliphatic heterocycles. The van der Waals surface area contributed by atoms with Crippen LogP contribution in [0.25, 0.3) is 16.0 Å². The standard InChI is InChI=1S/C25H24N4O4S/c1-16-6-4-5-7-18(16)15-28-25(31)29-19-11-13-34-22(19)23(30)27(24(29)26-28)12-10-17-8-9-20(32-2)21(14-17)33-3/h4-9,11,13-14H,10,12,15H2,1-3H3. The quantitative estimate of drug-likeness (QED) is 0.359. The minimum atomic E-state index is -0.262. The summed E-state index contributed by atoms with van der Waals surface area (Å²) in [6.45, 7) is 2.71. The van der Waals surface area contributed by atoms with Gasteiger partial charge in [-0.3, -0.25) is 9.36 Å². The van der Waals surface area contributed by atoms with Gasteiger partial charge in [0.1, 0.15) is 4.70 Å². The number of methoxy groups -OCH3 is 2. The average molecular weight is 477 g/mol. The molecule has 0 aliphatic carbocycles. The monoisotopic (exact) mass is 476 g/mol. The van der Waals surface area contributed by atoms with Crippen LogP contribution in [0, 0.1) is 6.92 Å². The van der Waals surface area contributed by atoms with Crippen LogP contribution in [-0.4, -0.2) is 33.0 Å². The molecule has 0 N–H and O–H groups in total. The molecular formula is C25H24N4O4S. The Balaban J connectivity index is 1.60. The van der Waals surface area contributed by atoms with Crippen LogP contribution in [-0.2, 0) is 19.5 Å². The van der Waals surface area contributed by atoms with Crippen LogP contribution >= 0.6 is 11.3 Å². The number of aromatic nitrogens is 4. The second-order valence-electron chi connectivity index (χ2n) is 8.03. The van der Waals surface area contributed by atoms with Crippen LogP contribution in [0.15, 0.2) is 63.5 Å². The molecule has 0 saturated carbocycles. The lowest BCUT2D eigenvalue weighted by Gasteiger charge is -2.11. The van der Waals surface area contributed by atoms with Crippen molar-refractivity contribution in [1.29, 1.82) is 0 Å². The van der Waals surface area contributed by atoms with Crippen molar-refractivity contribution in [2.45, 2.75) is 26.4 Å². The first-order valence-electron chi connectivity index (χ1n) is 10.9. The number of benzene rings is 2. The van der Waals surface area contributed by atoms with Gasteiger partial charge >= 0.3 is 5.69 Å². The predicted molar refractivity (Wildman–Crippen MR) is 133 cm³/mol. The third-order valence-corrected chi connectivity index (χ3v) is 6.93. The molecule has 0 unspecified atom stereocenters. The van der Waals surface area contributed by atoms with Crippen LogP contribution in [0.4, 0.5) is 0 Å². The Hall–Kier alpha value is -3.85. The highest BCUT2D eigenvalue weighted by Gasteiger charge is 2.19. The third kappa shape index (κ3) is 3.67. The van der Waals surface area contributed by atoms with Gasteiger partial charge in [0.05, 0.1) is 26.3 Å². The molecule has 0 saturated heterocycles. The number of hydrogen-bond donors (Lipinski definition) is 0. The molecule has 2 aromatic carbocycles. The minimum absolute atomic E-state index is 0.147. The molecule has 34 heavy (non-hydrogen) atoms. The Morgan fingerprint density at radius 1 is 1.00 bits per heavy atom. The Bertz CT molecular complexity index is 1630. The van der Waals surface area contributed by atoms with Crippen molar-refractivity contribution in [3.05, 3.63) is 91.4 Å². The van der Waals surface area contributed by atoms with Crippen LogP contribution in [0.1, 0.15) is 16.7 Å². The fraction of sp³-hybridized carbons (Fsp3) is 0.240. The molecule has 8 nitrogen and oxygen atoms in total. The third-order valence-electron chi connectivity index (χ3n) is 6.04. The number of aryl methyl sites for hydroxylation is 3. The van der Waals surface area contributed by atoms with Crippen LogP contribution in [0.5, 0.6) is 11.5 Å². The van der Waals surface area contributed by atoms with Crippen LogP contribution in [0.3, 0.4) is 0 Å². The molecule has 0 aliphatic rings. The highest BCUT2D eigenvalue weighted by molar-refractivity contribution is 7.17. The Morgan fingerprint density at radius 2 is 1.79 bits per heavy atom. The Labute approximate surface area is 199 Å². The Morgan fingerprint density at radius 3 is 2.56 bits per heavy atom. The van der Waals surface area contributed by atoms with Crippen LogP contribution in [0.2, 0.25) is 0 Å². The van der Waals surface area contributed by atoms with E-state index in [2.05, 4.69) is 5.10 Å². The lowest BCUT2D eigenvalue weighted by atomic mass is 10.1. The number of nitrogens with zero attached hydrogens (tertiary/aromatic N) is 4. The molecule has 5 rings (SSSR count). The zero-order valence-electron chi connectivity index (χ0n) is 19.1. The summed E-state index contributed by atoms with van der Waals surface area (Å²) in [7, 11) is 3.18. The first-order chi connectivity index (χ1) is 16.5. The van der Waals surface area contributed by atoms with E-state index in [9.17, 15) is 9.59 Å². The van der Waals surface area contributed by atoms with Gasteiger partial charge in [-0.25, -0.2) is 13.9 Å². The van der Waals surface area contributed by atoms with Crippen molar-refractivity contribution in [3.63, 3.8) is 0 Å². The zero-order valence-corrected chi connectivity index (χ0v) is 20.0. The molecule has 174 valence electrons. The number of thiophene rings is 1. The maximum absolute atomic E-state index is 13.4. The predicted octanol–water partition coefficient (Wildman–Crippen LogP) is 3.49. The summed E-state index contributed by atoms with van der Waals surface area (Å²) in [6.07, 6.45) is 0.561. The Kier molecular flexibility index (Phi) is 5.70. The molecule has 0 spiro atoms. The SMILES string of the molecule is COc1ccc(CCn2c(=O)c3sccc3n3c(=O)n(Cc4ccccc4C)nc23)cc1OC. The molecule has 0 fully saturated rings. The summed E-state index contributed by atoms with van der Waals surface area (Å²) >= 11 is 1.33. The molecule has 3 heterocycles. The van der Waals surface area contributed by atoms with Gasteiger partial charge in [0.25, 0.3) is 5.56 Å². The number of rotatable bonds is 7. The normalized spacial score (nSPS) is 11.4. The van der Waals surface area contributed by atoms with Gasteiger partial charge in [-0.1, -0.05) is 30.3 Å². The molecular weight excluding hydrogens is 452 g/mol. The summed E-state index contributed by atoms with van der Waals surface area (Å²) in [5.74, 6) is 1.62. The lowest BCUT2D eigenvalue weighted by Crippen LogP contribution is -2.26. The first-order valence-corrected chi connectivity index (χ1v) is 11.7. The molecule has 0 bridgehead atoms. The van der Waals surface area contributed by atoms with Crippen molar-refractivity contribution >= 4 is 27.3 Å². The van der Waals surface area contributed by atoms with E-state index in [0.717, 1.165) is 16.7 Å². The number of fused-ring (bicyclic) bond motifs is 3. The summed E-state index contributed by atoms with van der Waals surface area (Å²) < 4.78 is 15.8. The van der Waals surface area contributed by atoms with Gasteiger partial charge in [-0.15, -0.1) is 16.4 Å². The van der Waals surface area contributed by atoms with Gasteiger partial charge in [0.15, 0.2) is 11.5 Å². The first kappa shape index (κ1) is 22.0. The van der Waals surface area contributed by atoms with Crippen molar-refractivity contribution < 1.29 is 9.47 Å². The van der Waals surface area contributed by atoms with Gasteiger partial charge in [0.2, 0.25) is 5.78 Å². The molecule has 0 amide bonds. The highest BCUT2D eigenvalue weighted by atomic mass is 32.1. The second-order valence-corrected chi connectivity index (χ2v) is 8.95. The number of hydrogen-bond acceptors (Lipinski definition) is 6. The molecule has 3 aromatic heterocycles. The van der Waals surface area contributed by atoms with Gasteiger partial charge in [-0.2, -0.15) is 0 Å². The summed E-state index contributed by atoms with van der Waals surface area (Å²) in [4.78, 5) is 26.7. The van der Waals surface area contributed by atoms with Crippen molar-refractivity contribution in [2.75, 3.05) is 14.2 Å². The van der Waals surface area contributed by atoms with Gasteiger partial charge < -0.3 is 9.47 Å². The van der Waals surface area contributed by atoms with E-state index < -0.39 is 0 Å². The van der Waals surface area contributed by atoms with Crippen LogP contribution < -0.4 is 20.7 Å². The van der Waals surface area contributed by atoms with E-state index >= 15 is 0 Å². The largest absolute Gasteiger partial charge is 0.493 e. The van der Waals surface area contributed by atoms with E-state index in [0.29, 0.717) is 47.0 Å². The van der Waals surface area contributed by atoms with Crippen molar-refractivity contribution in [2.24, 2.45) is 0 Å². The fourth-order valence-corrected chi connectivity index (χ4v) is 4.99. The maximum Gasteiger partial charge on any atom is 0.352 e. The number of ether oxygens (including phenoxy) is 2. The van der Waals surface area contributed by atoms with E-state index in [4.69, 9.17) is 9.47 Å².